The lowest BCUT2D eigenvalue weighted by atomic mass is 10.2. The van der Waals surface area contributed by atoms with Crippen molar-refractivity contribution in [2.45, 2.75) is 17.4 Å². The number of carbonyl (C=O) groups is 1. The first kappa shape index (κ1) is 12.3. The number of hydrogen-bond acceptors (Lipinski definition) is 2. The van der Waals surface area contributed by atoms with Gasteiger partial charge in [0, 0.05) is 11.0 Å². The number of thiol groups is 2. The molecule has 1 N–H and O–H groups in total. The van der Waals surface area contributed by atoms with Gasteiger partial charge in [0.15, 0.2) is 0 Å². The molecule has 0 saturated carbocycles. The van der Waals surface area contributed by atoms with E-state index in [9.17, 15) is 4.79 Å². The van der Waals surface area contributed by atoms with E-state index < -0.39 is 5.97 Å². The summed E-state index contributed by atoms with van der Waals surface area (Å²) in [6, 6.07) is 10.1. The zero-order chi connectivity index (χ0) is 11.1. The Balaban J connectivity index is 2.36. The van der Waals surface area contributed by atoms with Crippen molar-refractivity contribution in [3.05, 3.63) is 35.9 Å². The van der Waals surface area contributed by atoms with E-state index in [2.05, 4.69) is 24.8 Å². The molecule has 0 saturated heterocycles. The van der Waals surface area contributed by atoms with Gasteiger partial charge in [0.1, 0.15) is 0 Å². The van der Waals surface area contributed by atoms with Crippen LogP contribution in [0.5, 0.6) is 0 Å². The first-order valence-corrected chi connectivity index (χ1v) is 6.28. The Morgan fingerprint density at radius 3 is 2.73 bits per heavy atom. The smallest absolute Gasteiger partial charge is 0.304 e. The Labute approximate surface area is 98.7 Å². The molecule has 0 fully saturated rings. The van der Waals surface area contributed by atoms with Gasteiger partial charge in [0.05, 0.1) is 6.42 Å². The number of benzene rings is 1. The molecule has 0 aliphatic carbocycles. The molecular formula is C11H14O2S2. The summed E-state index contributed by atoms with van der Waals surface area (Å²) in [5, 5.41) is 10.3. The lowest BCUT2D eigenvalue weighted by molar-refractivity contribution is -0.136. The third kappa shape index (κ3) is 5.64. The third-order valence-corrected chi connectivity index (χ3v) is 3.46. The first-order chi connectivity index (χ1) is 7.18. The van der Waals surface area contributed by atoms with Gasteiger partial charge < -0.3 is 5.11 Å². The van der Waals surface area contributed by atoms with E-state index in [4.69, 9.17) is 5.11 Å². The molecule has 1 unspecified atom stereocenters. The van der Waals surface area contributed by atoms with E-state index >= 15 is 0 Å². The molecular weight excluding hydrogens is 228 g/mol. The molecule has 0 aliphatic heterocycles. The van der Waals surface area contributed by atoms with Crippen molar-refractivity contribution in [3.63, 3.8) is 0 Å². The Morgan fingerprint density at radius 2 is 2.13 bits per heavy atom. The summed E-state index contributed by atoms with van der Waals surface area (Å²) in [7, 11) is 0. The summed E-state index contributed by atoms with van der Waals surface area (Å²) in [5.74, 6) is 0.110. The maximum atomic E-state index is 10.4. The summed E-state index contributed by atoms with van der Waals surface area (Å²) < 4.78 is 0. The Bertz CT molecular complexity index is 336. The minimum absolute atomic E-state index is 0.0882. The average Bonchev–Trinajstić information content (AvgIpc) is 2.18. The highest BCUT2D eigenvalue weighted by atomic mass is 32.1. The molecule has 1 aromatic carbocycles. The molecule has 1 atom stereocenters. The highest BCUT2D eigenvalue weighted by Gasteiger charge is 2.03. The van der Waals surface area contributed by atoms with Gasteiger partial charge in [0.25, 0.3) is 0 Å². The number of carboxylic acids is 1. The van der Waals surface area contributed by atoms with Crippen LogP contribution in [0.4, 0.5) is 0 Å². The second-order valence-electron chi connectivity index (χ2n) is 3.14. The van der Waals surface area contributed by atoms with Gasteiger partial charge in [-0.05, 0) is 5.56 Å². The highest BCUT2D eigenvalue weighted by molar-refractivity contribution is 7.98. The molecule has 0 aliphatic rings. The molecule has 0 heterocycles. The SMILES string of the molecule is O=C(O)CC(S)C=[SH]Cc1ccccc1. The fourth-order valence-electron chi connectivity index (χ4n) is 1.09. The second kappa shape index (κ2) is 6.69. The van der Waals surface area contributed by atoms with E-state index in [0.717, 1.165) is 17.1 Å². The minimum atomic E-state index is -0.804. The lowest BCUT2D eigenvalue weighted by Crippen LogP contribution is -2.07. The Morgan fingerprint density at radius 1 is 1.47 bits per heavy atom. The summed E-state index contributed by atoms with van der Waals surface area (Å²) in [6.07, 6.45) is 0.0882. The molecule has 15 heavy (non-hydrogen) atoms. The molecule has 1 rings (SSSR count). The van der Waals surface area contributed by atoms with Crippen LogP contribution in [0.2, 0.25) is 0 Å². The molecule has 0 amide bonds. The van der Waals surface area contributed by atoms with Gasteiger partial charge in [-0.2, -0.15) is 24.0 Å². The minimum Gasteiger partial charge on any atom is -0.481 e. The van der Waals surface area contributed by atoms with Gasteiger partial charge in [-0.1, -0.05) is 35.7 Å². The molecule has 82 valence electrons. The molecule has 0 radical (unpaired) electrons. The molecule has 0 bridgehead atoms. The highest BCUT2D eigenvalue weighted by Crippen LogP contribution is 2.07. The van der Waals surface area contributed by atoms with Crippen molar-refractivity contribution in [1.29, 1.82) is 0 Å². The van der Waals surface area contributed by atoms with E-state index in [0.29, 0.717) is 0 Å². The van der Waals surface area contributed by atoms with Gasteiger partial charge in [-0.3, -0.25) is 4.79 Å². The first-order valence-electron chi connectivity index (χ1n) is 4.62. The van der Waals surface area contributed by atoms with Crippen molar-refractivity contribution in [1.82, 2.24) is 0 Å². The summed E-state index contributed by atoms with van der Waals surface area (Å²) in [4.78, 5) is 10.4. The van der Waals surface area contributed by atoms with Crippen LogP contribution in [0, 0.1) is 0 Å². The quantitative estimate of drug-likeness (QED) is 0.547. The summed E-state index contributed by atoms with van der Waals surface area (Å²) >= 11 is 5.28. The molecule has 0 spiro atoms. The van der Waals surface area contributed by atoms with Crippen LogP contribution in [0.15, 0.2) is 30.3 Å². The number of carboxylic acid groups (broad SMARTS) is 1. The zero-order valence-electron chi connectivity index (χ0n) is 8.21. The van der Waals surface area contributed by atoms with E-state index in [-0.39, 0.29) is 11.7 Å². The van der Waals surface area contributed by atoms with Crippen LogP contribution in [0.25, 0.3) is 0 Å². The Kier molecular flexibility index (Phi) is 5.50. The Hall–Kier alpha value is -0.740. The van der Waals surface area contributed by atoms with Gasteiger partial charge in [-0.15, -0.1) is 0 Å². The van der Waals surface area contributed by atoms with Gasteiger partial charge in [-0.25, -0.2) is 0 Å². The van der Waals surface area contributed by atoms with Crippen LogP contribution in [-0.4, -0.2) is 21.7 Å². The number of rotatable bonds is 5. The fraction of sp³-hybridized carbons (Fsp3) is 0.273. The van der Waals surface area contributed by atoms with Crippen molar-refractivity contribution in [2.75, 3.05) is 0 Å². The van der Waals surface area contributed by atoms with Crippen LogP contribution in [0.3, 0.4) is 0 Å². The van der Waals surface area contributed by atoms with Crippen molar-refractivity contribution in [3.8, 4) is 0 Å². The topological polar surface area (TPSA) is 37.3 Å². The van der Waals surface area contributed by atoms with Crippen LogP contribution in [0.1, 0.15) is 12.0 Å². The van der Waals surface area contributed by atoms with E-state index in [1.807, 2.05) is 23.6 Å². The van der Waals surface area contributed by atoms with Gasteiger partial charge in [0.2, 0.25) is 0 Å². The summed E-state index contributed by atoms with van der Waals surface area (Å²) in [6.45, 7) is 0. The lowest BCUT2D eigenvalue weighted by Gasteiger charge is -2.00. The largest absolute Gasteiger partial charge is 0.481 e. The van der Waals surface area contributed by atoms with Crippen molar-refractivity contribution in [2.24, 2.45) is 0 Å². The van der Waals surface area contributed by atoms with Crippen LogP contribution < -0.4 is 0 Å². The fourth-order valence-corrected chi connectivity index (χ4v) is 2.41. The normalized spacial score (nSPS) is 13.4. The third-order valence-electron chi connectivity index (χ3n) is 1.78. The van der Waals surface area contributed by atoms with Crippen molar-refractivity contribution >= 4 is 35.3 Å². The number of aliphatic carboxylic acids is 1. The maximum Gasteiger partial charge on any atom is 0.304 e. The maximum absolute atomic E-state index is 10.4. The monoisotopic (exact) mass is 242 g/mol. The standard InChI is InChI=1S/C11H14O2S2/c12-11(13)6-10(14)8-15-7-9-4-2-1-3-5-9/h1-5,8,10,14-15H,6-7H2,(H,12,13). The second-order valence-corrected chi connectivity index (χ2v) is 4.78. The molecule has 4 heteroatoms. The molecule has 1 aromatic rings. The number of hydrogen-bond donors (Lipinski definition) is 3. The van der Waals surface area contributed by atoms with E-state index in [1.54, 1.807) is 0 Å². The molecule has 2 nitrogen and oxygen atoms in total. The molecule has 0 aromatic heterocycles. The van der Waals surface area contributed by atoms with Gasteiger partial charge >= 0.3 is 5.97 Å². The predicted octanol–water partition coefficient (Wildman–Crippen LogP) is 2.23. The van der Waals surface area contributed by atoms with Crippen LogP contribution >= 0.6 is 24.0 Å². The average molecular weight is 242 g/mol. The predicted molar refractivity (Wildman–Crippen MR) is 70.2 cm³/mol. The zero-order valence-corrected chi connectivity index (χ0v) is 9.99. The van der Waals surface area contributed by atoms with Crippen LogP contribution in [-0.2, 0) is 10.5 Å². The summed E-state index contributed by atoms with van der Waals surface area (Å²) in [5.41, 5.74) is 1.26. The van der Waals surface area contributed by atoms with E-state index in [1.165, 1.54) is 5.56 Å². The van der Waals surface area contributed by atoms with Crippen molar-refractivity contribution < 1.29 is 9.90 Å².